The van der Waals surface area contributed by atoms with Crippen molar-refractivity contribution in [3.8, 4) is 0 Å². The van der Waals surface area contributed by atoms with Crippen LogP contribution in [0.15, 0.2) is 30.5 Å². The largest absolute Gasteiger partial charge is 0.361 e. The molecule has 0 bridgehead atoms. The molecule has 5 nitrogen and oxygen atoms in total. The molecule has 5 heteroatoms. The van der Waals surface area contributed by atoms with Crippen LogP contribution in [0.4, 0.5) is 0 Å². The Hall–Kier alpha value is -1.85. The fraction of sp³-hybridized carbons (Fsp3) is 0.591. The second kappa shape index (κ2) is 8.44. The van der Waals surface area contributed by atoms with Crippen molar-refractivity contribution >= 4 is 16.8 Å². The lowest BCUT2D eigenvalue weighted by atomic mass is 9.84. The molecule has 2 aromatic rings. The zero-order valence-corrected chi connectivity index (χ0v) is 16.3. The van der Waals surface area contributed by atoms with Gasteiger partial charge in [0.2, 0.25) is 5.91 Å². The minimum atomic E-state index is 0.0858. The Morgan fingerprint density at radius 3 is 2.67 bits per heavy atom. The van der Waals surface area contributed by atoms with Crippen molar-refractivity contribution in [3.05, 3.63) is 36.0 Å². The highest BCUT2D eigenvalue weighted by Gasteiger charge is 2.32. The maximum atomic E-state index is 11.5. The van der Waals surface area contributed by atoms with E-state index >= 15 is 0 Å². The van der Waals surface area contributed by atoms with E-state index in [2.05, 4.69) is 51.0 Å². The zero-order valence-electron chi connectivity index (χ0n) is 16.3. The summed E-state index contributed by atoms with van der Waals surface area (Å²) in [5.41, 5.74) is 2.72. The fourth-order valence-electron chi connectivity index (χ4n) is 5.05. The maximum Gasteiger partial charge on any atom is 0.216 e. The van der Waals surface area contributed by atoms with Crippen LogP contribution in [0.2, 0.25) is 0 Å². The van der Waals surface area contributed by atoms with Crippen LogP contribution in [-0.2, 0) is 4.79 Å². The Kier molecular flexibility index (Phi) is 5.79. The van der Waals surface area contributed by atoms with Gasteiger partial charge in [0.05, 0.1) is 0 Å². The van der Waals surface area contributed by atoms with Gasteiger partial charge in [-0.3, -0.25) is 9.69 Å². The second-order valence-electron chi connectivity index (χ2n) is 8.19. The summed E-state index contributed by atoms with van der Waals surface area (Å²) in [7, 11) is 0. The number of nitrogens with one attached hydrogen (secondary N) is 3. The summed E-state index contributed by atoms with van der Waals surface area (Å²) in [6.45, 7) is 6.87. The molecule has 27 heavy (non-hydrogen) atoms. The summed E-state index contributed by atoms with van der Waals surface area (Å²) in [5.74, 6) is 1.40. The molecule has 4 rings (SSSR count). The smallest absolute Gasteiger partial charge is 0.216 e. The van der Waals surface area contributed by atoms with Gasteiger partial charge in [0.25, 0.3) is 0 Å². The molecule has 1 aromatic carbocycles. The molecule has 1 aromatic heterocycles. The molecule has 1 atom stereocenters. The van der Waals surface area contributed by atoms with E-state index in [1.807, 2.05) is 0 Å². The molecule has 2 fully saturated rings. The quantitative estimate of drug-likeness (QED) is 0.761. The third-order valence-corrected chi connectivity index (χ3v) is 6.55. The number of carbonyl (C=O) groups is 1. The Morgan fingerprint density at radius 2 is 1.93 bits per heavy atom. The van der Waals surface area contributed by atoms with Crippen molar-refractivity contribution in [2.45, 2.75) is 44.6 Å². The molecule has 2 aliphatic heterocycles. The van der Waals surface area contributed by atoms with Crippen LogP contribution in [0.25, 0.3) is 10.9 Å². The van der Waals surface area contributed by atoms with Crippen LogP contribution in [-0.4, -0.2) is 54.6 Å². The van der Waals surface area contributed by atoms with E-state index in [-0.39, 0.29) is 5.91 Å². The number of aromatic amines is 1. The molecule has 2 aliphatic rings. The average molecular weight is 369 g/mol. The van der Waals surface area contributed by atoms with Gasteiger partial charge < -0.3 is 15.6 Å². The van der Waals surface area contributed by atoms with Crippen LogP contribution in [0.5, 0.6) is 0 Å². The first-order chi connectivity index (χ1) is 13.2. The number of nitrogens with zero attached hydrogens (tertiary/aromatic N) is 1. The number of likely N-dealkylation sites (tertiary alicyclic amines) is 1. The minimum absolute atomic E-state index is 0.0858. The van der Waals surface area contributed by atoms with Crippen molar-refractivity contribution in [2.75, 3.05) is 32.7 Å². The Bertz CT molecular complexity index is 757. The number of fused-ring (bicyclic) bond motifs is 1. The topological polar surface area (TPSA) is 60.2 Å². The lowest BCUT2D eigenvalue weighted by Crippen LogP contribution is -2.52. The Labute approximate surface area is 161 Å². The second-order valence-corrected chi connectivity index (χ2v) is 8.19. The molecule has 2 saturated heterocycles. The highest BCUT2D eigenvalue weighted by Crippen LogP contribution is 2.34. The van der Waals surface area contributed by atoms with Gasteiger partial charge in [0.15, 0.2) is 0 Å². The number of amides is 1. The van der Waals surface area contributed by atoms with Crippen LogP contribution in [0.1, 0.15) is 44.1 Å². The van der Waals surface area contributed by atoms with Crippen LogP contribution >= 0.6 is 0 Å². The average Bonchev–Trinajstić information content (AvgIpc) is 3.13. The van der Waals surface area contributed by atoms with Gasteiger partial charge in [0, 0.05) is 36.6 Å². The van der Waals surface area contributed by atoms with Gasteiger partial charge in [-0.25, -0.2) is 0 Å². The summed E-state index contributed by atoms with van der Waals surface area (Å²) >= 11 is 0. The van der Waals surface area contributed by atoms with Crippen molar-refractivity contribution in [1.29, 1.82) is 0 Å². The number of H-pyrrole nitrogens is 1. The Balaban J connectivity index is 1.43. The highest BCUT2D eigenvalue weighted by atomic mass is 16.1. The lowest BCUT2D eigenvalue weighted by Gasteiger charge is -2.42. The van der Waals surface area contributed by atoms with Crippen molar-refractivity contribution in [3.63, 3.8) is 0 Å². The molecular formula is C22H32N4O. The molecule has 1 amide bonds. The van der Waals surface area contributed by atoms with Crippen LogP contribution in [0.3, 0.4) is 0 Å². The first kappa shape index (κ1) is 18.5. The van der Waals surface area contributed by atoms with E-state index < -0.39 is 0 Å². The number of para-hydroxylation sites is 1. The summed E-state index contributed by atoms with van der Waals surface area (Å²) in [6, 6.07) is 9.10. The third kappa shape index (κ3) is 4.19. The summed E-state index contributed by atoms with van der Waals surface area (Å²) in [5, 5.41) is 7.95. The highest BCUT2D eigenvalue weighted by molar-refractivity contribution is 5.83. The van der Waals surface area contributed by atoms with Gasteiger partial charge in [0.1, 0.15) is 0 Å². The molecule has 3 N–H and O–H groups in total. The van der Waals surface area contributed by atoms with E-state index in [9.17, 15) is 4.79 Å². The minimum Gasteiger partial charge on any atom is -0.361 e. The lowest BCUT2D eigenvalue weighted by molar-refractivity contribution is -0.119. The summed E-state index contributed by atoms with van der Waals surface area (Å²) in [4.78, 5) is 17.6. The molecule has 0 saturated carbocycles. The number of hydrogen-bond donors (Lipinski definition) is 3. The van der Waals surface area contributed by atoms with Gasteiger partial charge in [-0.2, -0.15) is 0 Å². The van der Waals surface area contributed by atoms with E-state index in [0.717, 1.165) is 32.7 Å². The number of aromatic nitrogens is 1. The molecule has 0 spiro atoms. The van der Waals surface area contributed by atoms with E-state index in [1.54, 1.807) is 6.92 Å². The number of hydrogen-bond acceptors (Lipinski definition) is 3. The molecule has 1 unspecified atom stereocenters. The van der Waals surface area contributed by atoms with Gasteiger partial charge in [-0.05, 0) is 75.3 Å². The SMILES string of the molecule is CC(=O)NCC(C1CCNCC1)N1CCC(c2c[nH]c3ccccc23)CC1. The van der Waals surface area contributed by atoms with Gasteiger partial charge >= 0.3 is 0 Å². The van der Waals surface area contributed by atoms with E-state index in [1.165, 1.54) is 42.1 Å². The van der Waals surface area contributed by atoms with Crippen LogP contribution in [0, 0.1) is 5.92 Å². The molecule has 0 radical (unpaired) electrons. The Morgan fingerprint density at radius 1 is 1.19 bits per heavy atom. The number of rotatable bonds is 5. The molecule has 0 aliphatic carbocycles. The predicted molar refractivity (Wildman–Crippen MR) is 110 cm³/mol. The maximum absolute atomic E-state index is 11.5. The zero-order chi connectivity index (χ0) is 18.6. The third-order valence-electron chi connectivity index (χ3n) is 6.55. The predicted octanol–water partition coefficient (Wildman–Crippen LogP) is 2.85. The number of piperidine rings is 2. The van der Waals surface area contributed by atoms with Crippen molar-refractivity contribution in [1.82, 2.24) is 20.5 Å². The normalized spacial score (nSPS) is 21.4. The summed E-state index contributed by atoms with van der Waals surface area (Å²) in [6.07, 6.45) is 7.04. The van der Waals surface area contributed by atoms with Gasteiger partial charge in [-0.15, -0.1) is 0 Å². The summed E-state index contributed by atoms with van der Waals surface area (Å²) < 4.78 is 0. The molecular weight excluding hydrogens is 336 g/mol. The first-order valence-corrected chi connectivity index (χ1v) is 10.5. The molecule has 3 heterocycles. The van der Waals surface area contributed by atoms with E-state index in [0.29, 0.717) is 17.9 Å². The number of benzene rings is 1. The first-order valence-electron chi connectivity index (χ1n) is 10.5. The van der Waals surface area contributed by atoms with Crippen molar-refractivity contribution in [2.24, 2.45) is 5.92 Å². The molecule has 146 valence electrons. The monoisotopic (exact) mass is 368 g/mol. The number of carbonyl (C=O) groups excluding carboxylic acids is 1. The fourth-order valence-corrected chi connectivity index (χ4v) is 5.05. The van der Waals surface area contributed by atoms with E-state index in [4.69, 9.17) is 0 Å². The van der Waals surface area contributed by atoms with Crippen LogP contribution < -0.4 is 10.6 Å². The standard InChI is InChI=1S/C22H32N4O/c1-16(27)24-15-22(18-6-10-23-11-7-18)26-12-8-17(9-13-26)20-14-25-21-5-3-2-4-19(20)21/h2-5,14,17-18,22-23,25H,6-13,15H2,1H3,(H,24,27). The van der Waals surface area contributed by atoms with Crippen molar-refractivity contribution < 1.29 is 4.79 Å². The van der Waals surface area contributed by atoms with Gasteiger partial charge in [-0.1, -0.05) is 18.2 Å².